The average Bonchev–Trinajstić information content (AvgIpc) is 2.81. The lowest BCUT2D eigenvalue weighted by atomic mass is 10.1. The Hall–Kier alpha value is -2.42. The van der Waals surface area contributed by atoms with Gasteiger partial charge in [-0.1, -0.05) is 0 Å². The van der Waals surface area contributed by atoms with Crippen LogP contribution in [0.1, 0.15) is 0 Å². The molecule has 0 bridgehead atoms. The van der Waals surface area contributed by atoms with Crippen molar-refractivity contribution in [2.75, 3.05) is 7.11 Å². The number of phenolic OH excluding ortho intramolecular Hbond substituents is 1. The van der Waals surface area contributed by atoms with E-state index in [0.29, 0.717) is 0 Å². The molecule has 0 unspecified atom stereocenters. The maximum absolute atomic E-state index is 9.44. The smallest absolute Gasteiger partial charge is 0.118 e. The summed E-state index contributed by atoms with van der Waals surface area (Å²) in [6.45, 7) is 0. The van der Waals surface area contributed by atoms with Crippen molar-refractivity contribution >= 4 is 10.9 Å². The summed E-state index contributed by atoms with van der Waals surface area (Å²) < 4.78 is 5.14. The number of aromatic hydroxyl groups is 1. The molecule has 2 N–H and O–H groups in total. The van der Waals surface area contributed by atoms with Gasteiger partial charge in [0.15, 0.2) is 0 Å². The second kappa shape index (κ2) is 4.11. The molecule has 1 aromatic heterocycles. The monoisotopic (exact) mass is 239 g/mol. The summed E-state index contributed by atoms with van der Waals surface area (Å²) in [5.74, 6) is 1.11. The van der Waals surface area contributed by atoms with E-state index in [0.717, 1.165) is 27.9 Å². The third-order valence-corrected chi connectivity index (χ3v) is 3.01. The number of aromatic nitrogens is 1. The van der Waals surface area contributed by atoms with Crippen LogP contribution in [0.2, 0.25) is 0 Å². The minimum absolute atomic E-state index is 0.269. The standard InChI is InChI=1S/C15H13NO2/c1-18-13-6-3-10(4-7-13)14-8-11-2-5-12(17)9-15(11)16-14/h2-9,16-17H,1H3. The Morgan fingerprint density at radius 2 is 1.78 bits per heavy atom. The Bertz CT molecular complexity index is 683. The molecule has 0 saturated carbocycles. The van der Waals surface area contributed by atoms with Gasteiger partial charge in [-0.25, -0.2) is 0 Å². The van der Waals surface area contributed by atoms with Crippen LogP contribution in [-0.4, -0.2) is 17.2 Å². The highest BCUT2D eigenvalue weighted by atomic mass is 16.5. The van der Waals surface area contributed by atoms with E-state index in [1.54, 1.807) is 19.2 Å². The van der Waals surface area contributed by atoms with Crippen molar-refractivity contribution in [3.05, 3.63) is 48.5 Å². The van der Waals surface area contributed by atoms with Gasteiger partial charge in [-0.3, -0.25) is 0 Å². The van der Waals surface area contributed by atoms with Crippen molar-refractivity contribution in [1.82, 2.24) is 4.98 Å². The molecule has 0 amide bonds. The van der Waals surface area contributed by atoms with Gasteiger partial charge in [-0.2, -0.15) is 0 Å². The zero-order valence-electron chi connectivity index (χ0n) is 9.97. The number of aromatic amines is 1. The normalized spacial score (nSPS) is 10.7. The largest absolute Gasteiger partial charge is 0.508 e. The number of H-pyrrole nitrogens is 1. The Balaban J connectivity index is 2.07. The van der Waals surface area contributed by atoms with E-state index in [4.69, 9.17) is 4.74 Å². The number of fused-ring (bicyclic) bond motifs is 1. The van der Waals surface area contributed by atoms with E-state index in [1.165, 1.54) is 0 Å². The van der Waals surface area contributed by atoms with Gasteiger partial charge < -0.3 is 14.8 Å². The van der Waals surface area contributed by atoms with Crippen LogP contribution in [0, 0.1) is 0 Å². The van der Waals surface area contributed by atoms with Crippen molar-refractivity contribution in [2.24, 2.45) is 0 Å². The minimum atomic E-state index is 0.269. The summed E-state index contributed by atoms with van der Waals surface area (Å²) >= 11 is 0. The van der Waals surface area contributed by atoms with Gasteiger partial charge >= 0.3 is 0 Å². The molecule has 0 aliphatic heterocycles. The zero-order chi connectivity index (χ0) is 12.5. The predicted octanol–water partition coefficient (Wildman–Crippen LogP) is 3.55. The van der Waals surface area contributed by atoms with Gasteiger partial charge in [0.05, 0.1) is 7.11 Å². The Morgan fingerprint density at radius 1 is 1.00 bits per heavy atom. The first-order valence-corrected chi connectivity index (χ1v) is 5.72. The van der Waals surface area contributed by atoms with Gasteiger partial charge in [0.2, 0.25) is 0 Å². The second-order valence-electron chi connectivity index (χ2n) is 4.18. The van der Waals surface area contributed by atoms with Gasteiger partial charge in [0.25, 0.3) is 0 Å². The molecule has 18 heavy (non-hydrogen) atoms. The minimum Gasteiger partial charge on any atom is -0.508 e. The van der Waals surface area contributed by atoms with Gasteiger partial charge in [-0.15, -0.1) is 0 Å². The fourth-order valence-corrected chi connectivity index (χ4v) is 2.04. The fraction of sp³-hybridized carbons (Fsp3) is 0.0667. The van der Waals surface area contributed by atoms with E-state index in [-0.39, 0.29) is 5.75 Å². The number of ether oxygens (including phenoxy) is 1. The number of nitrogens with one attached hydrogen (secondary N) is 1. The highest BCUT2D eigenvalue weighted by molar-refractivity contribution is 5.86. The van der Waals surface area contributed by atoms with E-state index in [1.807, 2.05) is 30.3 Å². The third-order valence-electron chi connectivity index (χ3n) is 3.01. The SMILES string of the molecule is COc1ccc(-c2cc3ccc(O)cc3[nH]2)cc1. The van der Waals surface area contributed by atoms with Crippen molar-refractivity contribution in [3.8, 4) is 22.8 Å². The fourth-order valence-electron chi connectivity index (χ4n) is 2.04. The lowest BCUT2D eigenvalue weighted by molar-refractivity contribution is 0.415. The number of methoxy groups -OCH3 is 1. The van der Waals surface area contributed by atoms with Crippen LogP contribution in [0.4, 0.5) is 0 Å². The molecular weight excluding hydrogens is 226 g/mol. The van der Waals surface area contributed by atoms with Gasteiger partial charge in [0, 0.05) is 22.7 Å². The summed E-state index contributed by atoms with van der Waals surface area (Å²) in [6.07, 6.45) is 0. The molecule has 3 aromatic rings. The van der Waals surface area contributed by atoms with E-state index >= 15 is 0 Å². The van der Waals surface area contributed by atoms with Crippen molar-refractivity contribution in [3.63, 3.8) is 0 Å². The lowest BCUT2D eigenvalue weighted by Crippen LogP contribution is -1.82. The van der Waals surface area contributed by atoms with Crippen LogP contribution in [0.5, 0.6) is 11.5 Å². The van der Waals surface area contributed by atoms with Gasteiger partial charge in [-0.05, 0) is 48.0 Å². The first-order chi connectivity index (χ1) is 8.76. The molecule has 0 aliphatic carbocycles. The molecule has 0 atom stereocenters. The number of benzene rings is 2. The molecule has 0 saturated heterocycles. The third kappa shape index (κ3) is 1.80. The molecule has 3 nitrogen and oxygen atoms in total. The highest BCUT2D eigenvalue weighted by Gasteiger charge is 2.04. The Kier molecular flexibility index (Phi) is 2.45. The molecule has 90 valence electrons. The van der Waals surface area contributed by atoms with E-state index in [9.17, 15) is 5.11 Å². The van der Waals surface area contributed by atoms with Crippen LogP contribution < -0.4 is 4.74 Å². The molecular formula is C15H13NO2. The highest BCUT2D eigenvalue weighted by Crippen LogP contribution is 2.27. The van der Waals surface area contributed by atoms with Crippen molar-refractivity contribution in [1.29, 1.82) is 0 Å². The van der Waals surface area contributed by atoms with Crippen LogP contribution in [0.15, 0.2) is 48.5 Å². The molecule has 2 aromatic carbocycles. The summed E-state index contributed by atoms with van der Waals surface area (Å²) in [4.78, 5) is 3.29. The number of rotatable bonds is 2. The molecule has 3 rings (SSSR count). The molecule has 0 aliphatic rings. The quantitative estimate of drug-likeness (QED) is 0.718. The van der Waals surface area contributed by atoms with Crippen LogP contribution in [-0.2, 0) is 0 Å². The molecule has 3 heteroatoms. The van der Waals surface area contributed by atoms with Gasteiger partial charge in [0.1, 0.15) is 11.5 Å². The number of hydrogen-bond acceptors (Lipinski definition) is 2. The van der Waals surface area contributed by atoms with Crippen molar-refractivity contribution < 1.29 is 9.84 Å². The first-order valence-electron chi connectivity index (χ1n) is 5.72. The number of phenols is 1. The van der Waals surface area contributed by atoms with Crippen LogP contribution >= 0.6 is 0 Å². The van der Waals surface area contributed by atoms with E-state index < -0.39 is 0 Å². The first kappa shape index (κ1) is 10.7. The maximum Gasteiger partial charge on any atom is 0.118 e. The molecule has 0 radical (unpaired) electrons. The van der Waals surface area contributed by atoms with Crippen molar-refractivity contribution in [2.45, 2.75) is 0 Å². The maximum atomic E-state index is 9.44. The Labute approximate surface area is 105 Å². The lowest BCUT2D eigenvalue weighted by Gasteiger charge is -2.01. The molecule has 0 fully saturated rings. The average molecular weight is 239 g/mol. The zero-order valence-corrected chi connectivity index (χ0v) is 9.97. The summed E-state index contributed by atoms with van der Waals surface area (Å²) in [6, 6.07) is 15.2. The van der Waals surface area contributed by atoms with E-state index in [2.05, 4.69) is 11.1 Å². The summed E-state index contributed by atoms with van der Waals surface area (Å²) in [5, 5.41) is 10.5. The van der Waals surface area contributed by atoms with Crippen LogP contribution in [0.25, 0.3) is 22.2 Å². The number of hydrogen-bond donors (Lipinski definition) is 2. The molecule has 1 heterocycles. The predicted molar refractivity (Wildman–Crippen MR) is 72.0 cm³/mol. The topological polar surface area (TPSA) is 45.2 Å². The summed E-state index contributed by atoms with van der Waals surface area (Å²) in [7, 11) is 1.65. The Morgan fingerprint density at radius 3 is 2.50 bits per heavy atom. The molecule has 0 spiro atoms. The summed E-state index contributed by atoms with van der Waals surface area (Å²) in [5.41, 5.74) is 3.05. The second-order valence-corrected chi connectivity index (χ2v) is 4.18. The van der Waals surface area contributed by atoms with Crippen LogP contribution in [0.3, 0.4) is 0 Å².